The van der Waals surface area contributed by atoms with E-state index in [0.29, 0.717) is 19.1 Å². The summed E-state index contributed by atoms with van der Waals surface area (Å²) in [6.45, 7) is 6.36. The van der Waals surface area contributed by atoms with Crippen LogP contribution < -0.4 is 5.32 Å². The molecule has 2 saturated heterocycles. The van der Waals surface area contributed by atoms with Crippen LogP contribution in [0, 0.1) is 0 Å². The van der Waals surface area contributed by atoms with E-state index in [1.165, 1.54) is 0 Å². The molecule has 0 radical (unpaired) electrons. The smallest absolute Gasteiger partial charge is 0.224 e. The van der Waals surface area contributed by atoms with Gasteiger partial charge in [-0.3, -0.25) is 4.79 Å². The summed E-state index contributed by atoms with van der Waals surface area (Å²) in [5.74, 6) is 0.247. The SMILES string of the molecule is CN1CCN(C(=O)CCOC2CCNCC2)CC1. The monoisotopic (exact) mass is 255 g/mol. The van der Waals surface area contributed by atoms with E-state index in [0.717, 1.165) is 52.1 Å². The maximum atomic E-state index is 12.0. The number of likely N-dealkylation sites (N-methyl/N-ethyl adjacent to an activating group) is 1. The third-order valence-corrected chi connectivity index (χ3v) is 3.81. The lowest BCUT2D eigenvalue weighted by Crippen LogP contribution is -2.47. The molecule has 1 amide bonds. The van der Waals surface area contributed by atoms with Gasteiger partial charge in [0.05, 0.1) is 19.1 Å². The number of nitrogens with zero attached hydrogens (tertiary/aromatic N) is 2. The van der Waals surface area contributed by atoms with E-state index in [4.69, 9.17) is 4.74 Å². The highest BCUT2D eigenvalue weighted by molar-refractivity contribution is 5.76. The number of rotatable bonds is 4. The van der Waals surface area contributed by atoms with Crippen LogP contribution in [-0.2, 0) is 9.53 Å². The van der Waals surface area contributed by atoms with Crippen LogP contribution >= 0.6 is 0 Å². The topological polar surface area (TPSA) is 44.8 Å². The van der Waals surface area contributed by atoms with Crippen LogP contribution in [0.1, 0.15) is 19.3 Å². The van der Waals surface area contributed by atoms with Crippen LogP contribution in [0.2, 0.25) is 0 Å². The van der Waals surface area contributed by atoms with Crippen LogP contribution in [0.3, 0.4) is 0 Å². The second-order valence-electron chi connectivity index (χ2n) is 5.25. The molecular formula is C13H25N3O2. The first-order valence-corrected chi connectivity index (χ1v) is 7.04. The van der Waals surface area contributed by atoms with Crippen LogP contribution in [0.25, 0.3) is 0 Å². The highest BCUT2D eigenvalue weighted by Crippen LogP contribution is 2.08. The molecule has 0 aromatic carbocycles. The van der Waals surface area contributed by atoms with Crippen molar-refractivity contribution in [2.75, 3.05) is 52.9 Å². The second kappa shape index (κ2) is 7.07. The standard InChI is InChI=1S/C13H25N3O2/c1-15-7-9-16(10-8-15)13(17)4-11-18-12-2-5-14-6-3-12/h12,14H,2-11H2,1H3. The van der Waals surface area contributed by atoms with Crippen LogP contribution in [0.15, 0.2) is 0 Å². The Bertz CT molecular complexity index is 259. The third-order valence-electron chi connectivity index (χ3n) is 3.81. The quantitative estimate of drug-likeness (QED) is 0.763. The summed E-state index contributed by atoms with van der Waals surface area (Å²) in [5, 5.41) is 3.31. The predicted molar refractivity (Wildman–Crippen MR) is 70.5 cm³/mol. The number of hydrogen-bond acceptors (Lipinski definition) is 4. The Morgan fingerprint density at radius 3 is 2.56 bits per heavy atom. The summed E-state index contributed by atoms with van der Waals surface area (Å²) < 4.78 is 5.77. The molecule has 104 valence electrons. The Balaban J connectivity index is 1.59. The molecular weight excluding hydrogens is 230 g/mol. The fourth-order valence-electron chi connectivity index (χ4n) is 2.49. The zero-order valence-electron chi connectivity index (χ0n) is 11.4. The summed E-state index contributed by atoms with van der Waals surface area (Å²) in [6, 6.07) is 0. The largest absolute Gasteiger partial charge is 0.378 e. The third kappa shape index (κ3) is 4.23. The Morgan fingerprint density at radius 2 is 1.89 bits per heavy atom. The van der Waals surface area contributed by atoms with E-state index < -0.39 is 0 Å². The molecule has 0 aromatic rings. The summed E-state index contributed by atoms with van der Waals surface area (Å²) in [7, 11) is 2.10. The number of piperazine rings is 1. The second-order valence-corrected chi connectivity index (χ2v) is 5.25. The summed E-state index contributed by atoms with van der Waals surface area (Å²) in [5.41, 5.74) is 0. The lowest BCUT2D eigenvalue weighted by Gasteiger charge is -2.32. The highest BCUT2D eigenvalue weighted by atomic mass is 16.5. The van der Waals surface area contributed by atoms with Gasteiger partial charge in [0.15, 0.2) is 0 Å². The molecule has 0 spiro atoms. The summed E-state index contributed by atoms with van der Waals surface area (Å²) in [4.78, 5) is 16.2. The molecule has 0 bridgehead atoms. The van der Waals surface area contributed by atoms with Crippen molar-refractivity contribution >= 4 is 5.91 Å². The Labute approximate surface area is 109 Å². The molecule has 1 N–H and O–H groups in total. The molecule has 2 fully saturated rings. The van der Waals surface area contributed by atoms with Crippen molar-refractivity contribution in [1.82, 2.24) is 15.1 Å². The fraction of sp³-hybridized carbons (Fsp3) is 0.923. The van der Waals surface area contributed by atoms with Gasteiger partial charge in [-0.1, -0.05) is 0 Å². The van der Waals surface area contributed by atoms with Gasteiger partial charge in [0.25, 0.3) is 0 Å². The molecule has 2 aliphatic rings. The van der Waals surface area contributed by atoms with Crippen molar-refractivity contribution in [2.45, 2.75) is 25.4 Å². The minimum absolute atomic E-state index is 0.247. The van der Waals surface area contributed by atoms with Gasteiger partial charge in [-0.05, 0) is 33.0 Å². The lowest BCUT2D eigenvalue weighted by molar-refractivity contribution is -0.134. The number of hydrogen-bond donors (Lipinski definition) is 1. The molecule has 5 nitrogen and oxygen atoms in total. The van der Waals surface area contributed by atoms with Crippen molar-refractivity contribution in [3.8, 4) is 0 Å². The number of carbonyl (C=O) groups excluding carboxylic acids is 1. The maximum absolute atomic E-state index is 12.0. The van der Waals surface area contributed by atoms with Gasteiger partial charge in [-0.2, -0.15) is 0 Å². The summed E-state index contributed by atoms with van der Waals surface area (Å²) >= 11 is 0. The van der Waals surface area contributed by atoms with E-state index in [1.54, 1.807) is 0 Å². The Hall–Kier alpha value is -0.650. The molecule has 0 saturated carbocycles. The number of amides is 1. The fourth-order valence-corrected chi connectivity index (χ4v) is 2.49. The predicted octanol–water partition coefficient (Wildman–Crippen LogP) is -0.0809. The zero-order chi connectivity index (χ0) is 12.8. The van der Waals surface area contributed by atoms with Crippen LogP contribution in [0.4, 0.5) is 0 Å². The highest BCUT2D eigenvalue weighted by Gasteiger charge is 2.19. The van der Waals surface area contributed by atoms with Crippen molar-refractivity contribution in [3.05, 3.63) is 0 Å². The number of ether oxygens (including phenoxy) is 1. The number of nitrogens with one attached hydrogen (secondary N) is 1. The van der Waals surface area contributed by atoms with Crippen molar-refractivity contribution in [2.24, 2.45) is 0 Å². The lowest BCUT2D eigenvalue weighted by atomic mass is 10.1. The average Bonchev–Trinajstić information content (AvgIpc) is 2.40. The van der Waals surface area contributed by atoms with Gasteiger partial charge < -0.3 is 19.9 Å². The van der Waals surface area contributed by atoms with Crippen molar-refractivity contribution in [3.63, 3.8) is 0 Å². The molecule has 0 atom stereocenters. The van der Waals surface area contributed by atoms with Crippen LogP contribution in [-0.4, -0.2) is 74.7 Å². The first-order chi connectivity index (χ1) is 8.75. The molecule has 18 heavy (non-hydrogen) atoms. The molecule has 0 aliphatic carbocycles. The molecule has 2 aliphatic heterocycles. The molecule has 2 heterocycles. The van der Waals surface area contributed by atoms with Gasteiger partial charge in [-0.25, -0.2) is 0 Å². The van der Waals surface area contributed by atoms with Crippen molar-refractivity contribution in [1.29, 1.82) is 0 Å². The Kier molecular flexibility index (Phi) is 5.41. The van der Waals surface area contributed by atoms with Gasteiger partial charge in [0.2, 0.25) is 5.91 Å². The zero-order valence-corrected chi connectivity index (χ0v) is 11.4. The molecule has 0 aromatic heterocycles. The first-order valence-electron chi connectivity index (χ1n) is 7.04. The van der Waals surface area contributed by atoms with E-state index in [-0.39, 0.29) is 5.91 Å². The van der Waals surface area contributed by atoms with Gasteiger partial charge in [0.1, 0.15) is 0 Å². The van der Waals surface area contributed by atoms with Crippen molar-refractivity contribution < 1.29 is 9.53 Å². The first kappa shape index (κ1) is 13.8. The number of carbonyl (C=O) groups is 1. The van der Waals surface area contributed by atoms with Crippen LogP contribution in [0.5, 0.6) is 0 Å². The minimum Gasteiger partial charge on any atom is -0.378 e. The van der Waals surface area contributed by atoms with E-state index >= 15 is 0 Å². The minimum atomic E-state index is 0.247. The van der Waals surface area contributed by atoms with E-state index in [1.807, 2.05) is 4.90 Å². The Morgan fingerprint density at radius 1 is 1.22 bits per heavy atom. The van der Waals surface area contributed by atoms with Gasteiger partial charge in [0, 0.05) is 26.2 Å². The van der Waals surface area contributed by atoms with Gasteiger partial charge >= 0.3 is 0 Å². The average molecular weight is 255 g/mol. The maximum Gasteiger partial charge on any atom is 0.224 e. The number of piperidine rings is 1. The molecule has 5 heteroatoms. The van der Waals surface area contributed by atoms with E-state index in [2.05, 4.69) is 17.3 Å². The molecule has 2 rings (SSSR count). The summed E-state index contributed by atoms with van der Waals surface area (Å²) in [6.07, 6.45) is 3.03. The molecule has 0 unspecified atom stereocenters. The normalized spacial score (nSPS) is 23.3. The van der Waals surface area contributed by atoms with E-state index in [9.17, 15) is 4.79 Å². The van der Waals surface area contributed by atoms with Gasteiger partial charge in [-0.15, -0.1) is 0 Å².